The Bertz CT molecular complexity index is 276. The molecule has 84 valence electrons. The largest absolute Gasteiger partial charge is 0.345 e. The Morgan fingerprint density at radius 1 is 1.33 bits per heavy atom. The summed E-state index contributed by atoms with van der Waals surface area (Å²) in [6, 6.07) is 0. The molecular formula is C9H17N5S. The quantitative estimate of drug-likeness (QED) is 0.788. The molecule has 2 N–H and O–H groups in total. The Hall–Kier alpha value is -0.720. The minimum absolute atomic E-state index is 0.749. The Kier molecular flexibility index (Phi) is 3.87. The molecule has 5 nitrogen and oxygen atoms in total. The fraction of sp³-hybridized carbons (Fsp3) is 0.778. The minimum Gasteiger partial charge on any atom is -0.345 e. The Labute approximate surface area is 93.9 Å². The Morgan fingerprint density at radius 3 is 3.00 bits per heavy atom. The molecular weight excluding hydrogens is 210 g/mol. The number of nitrogens with two attached hydrogens (primary N) is 1. The van der Waals surface area contributed by atoms with Crippen LogP contribution < -0.4 is 10.6 Å². The summed E-state index contributed by atoms with van der Waals surface area (Å²) in [5.74, 6) is 0. The van der Waals surface area contributed by atoms with Crippen LogP contribution in [0, 0.1) is 0 Å². The van der Waals surface area contributed by atoms with Crippen LogP contribution in [0.15, 0.2) is 5.51 Å². The van der Waals surface area contributed by atoms with Gasteiger partial charge in [0.15, 0.2) is 0 Å². The van der Waals surface area contributed by atoms with Crippen LogP contribution in [-0.2, 0) is 0 Å². The number of anilines is 1. The van der Waals surface area contributed by atoms with Crippen molar-refractivity contribution in [1.82, 2.24) is 15.1 Å². The predicted octanol–water partition coefficient (Wildman–Crippen LogP) is 0.00890. The summed E-state index contributed by atoms with van der Waals surface area (Å²) in [6.07, 6.45) is 1.18. The van der Waals surface area contributed by atoms with E-state index in [1.54, 1.807) is 16.8 Å². The number of rotatable bonds is 3. The van der Waals surface area contributed by atoms with E-state index in [-0.39, 0.29) is 0 Å². The number of nitrogens with zero attached hydrogens (tertiary/aromatic N) is 4. The second kappa shape index (κ2) is 5.39. The van der Waals surface area contributed by atoms with Crippen LogP contribution >= 0.6 is 11.3 Å². The average molecular weight is 227 g/mol. The third kappa shape index (κ3) is 2.87. The fourth-order valence-electron chi connectivity index (χ4n) is 1.87. The summed E-state index contributed by atoms with van der Waals surface area (Å²) < 4.78 is 0. The van der Waals surface area contributed by atoms with E-state index >= 15 is 0 Å². The van der Waals surface area contributed by atoms with Gasteiger partial charge in [0.1, 0.15) is 5.51 Å². The van der Waals surface area contributed by atoms with Gasteiger partial charge in [-0.2, -0.15) is 0 Å². The van der Waals surface area contributed by atoms with Gasteiger partial charge in [0.2, 0.25) is 5.13 Å². The molecule has 15 heavy (non-hydrogen) atoms. The maximum atomic E-state index is 5.56. The topological polar surface area (TPSA) is 58.3 Å². The molecule has 0 amide bonds. The van der Waals surface area contributed by atoms with Crippen LogP contribution in [0.1, 0.15) is 6.42 Å². The van der Waals surface area contributed by atoms with E-state index in [9.17, 15) is 0 Å². The molecule has 2 heterocycles. The Balaban J connectivity index is 1.90. The SMILES string of the molecule is NCCN1CCCN(c2nncs2)CC1. The normalized spacial score (nSPS) is 19.1. The second-order valence-corrected chi connectivity index (χ2v) is 4.50. The summed E-state index contributed by atoms with van der Waals surface area (Å²) in [5.41, 5.74) is 7.35. The minimum atomic E-state index is 0.749. The fourth-order valence-corrected chi connectivity index (χ4v) is 2.49. The summed E-state index contributed by atoms with van der Waals surface area (Å²) in [7, 11) is 0. The number of hydrogen-bond acceptors (Lipinski definition) is 6. The van der Waals surface area contributed by atoms with Crippen molar-refractivity contribution in [3.63, 3.8) is 0 Å². The molecule has 0 bridgehead atoms. The zero-order valence-corrected chi connectivity index (χ0v) is 9.62. The van der Waals surface area contributed by atoms with E-state index in [0.717, 1.165) is 44.4 Å². The second-order valence-electron chi connectivity index (χ2n) is 3.69. The van der Waals surface area contributed by atoms with E-state index in [1.165, 1.54) is 6.42 Å². The highest BCUT2D eigenvalue weighted by molar-refractivity contribution is 7.13. The van der Waals surface area contributed by atoms with Gasteiger partial charge < -0.3 is 15.5 Å². The van der Waals surface area contributed by atoms with Gasteiger partial charge in [-0.3, -0.25) is 0 Å². The van der Waals surface area contributed by atoms with Crippen molar-refractivity contribution >= 4 is 16.5 Å². The van der Waals surface area contributed by atoms with Crippen LogP contribution in [0.4, 0.5) is 5.13 Å². The van der Waals surface area contributed by atoms with Crippen LogP contribution in [0.3, 0.4) is 0 Å². The smallest absolute Gasteiger partial charge is 0.208 e. The van der Waals surface area contributed by atoms with Gasteiger partial charge in [0, 0.05) is 32.7 Å². The lowest BCUT2D eigenvalue weighted by Gasteiger charge is -2.20. The molecule has 1 aromatic rings. The molecule has 1 fully saturated rings. The summed E-state index contributed by atoms with van der Waals surface area (Å²) >= 11 is 1.61. The lowest BCUT2D eigenvalue weighted by Crippen LogP contribution is -2.33. The molecule has 1 saturated heterocycles. The van der Waals surface area contributed by atoms with Gasteiger partial charge in [-0.05, 0) is 13.0 Å². The van der Waals surface area contributed by atoms with Gasteiger partial charge in [-0.25, -0.2) is 0 Å². The molecule has 2 rings (SSSR count). The van der Waals surface area contributed by atoms with Crippen molar-refractivity contribution in [2.24, 2.45) is 5.73 Å². The molecule has 0 radical (unpaired) electrons. The summed E-state index contributed by atoms with van der Waals surface area (Å²) in [4.78, 5) is 4.73. The van der Waals surface area contributed by atoms with Crippen LogP contribution in [0.2, 0.25) is 0 Å². The van der Waals surface area contributed by atoms with Crippen molar-refractivity contribution in [3.8, 4) is 0 Å². The lowest BCUT2D eigenvalue weighted by atomic mass is 10.4. The molecule has 0 aromatic carbocycles. The van der Waals surface area contributed by atoms with E-state index in [4.69, 9.17) is 5.73 Å². The highest BCUT2D eigenvalue weighted by atomic mass is 32.1. The van der Waals surface area contributed by atoms with E-state index in [2.05, 4.69) is 20.0 Å². The van der Waals surface area contributed by atoms with E-state index < -0.39 is 0 Å². The molecule has 0 aliphatic carbocycles. The van der Waals surface area contributed by atoms with Crippen LogP contribution in [0.5, 0.6) is 0 Å². The number of hydrogen-bond donors (Lipinski definition) is 1. The van der Waals surface area contributed by atoms with Gasteiger partial charge in [0.25, 0.3) is 0 Å². The van der Waals surface area contributed by atoms with Crippen molar-refractivity contribution in [1.29, 1.82) is 0 Å². The first kappa shape index (κ1) is 10.8. The third-order valence-corrected chi connectivity index (χ3v) is 3.40. The zero-order chi connectivity index (χ0) is 10.5. The Morgan fingerprint density at radius 2 is 2.27 bits per heavy atom. The first-order valence-corrected chi connectivity index (χ1v) is 6.21. The van der Waals surface area contributed by atoms with Gasteiger partial charge in [-0.1, -0.05) is 11.3 Å². The van der Waals surface area contributed by atoms with Crippen molar-refractivity contribution in [3.05, 3.63) is 5.51 Å². The van der Waals surface area contributed by atoms with Crippen LogP contribution in [-0.4, -0.2) is 54.4 Å². The maximum Gasteiger partial charge on any atom is 0.208 e. The lowest BCUT2D eigenvalue weighted by molar-refractivity contribution is 0.302. The van der Waals surface area contributed by atoms with Crippen molar-refractivity contribution in [2.75, 3.05) is 44.2 Å². The zero-order valence-electron chi connectivity index (χ0n) is 8.80. The summed E-state index contributed by atoms with van der Waals surface area (Å²) in [6.45, 7) is 6.09. The third-order valence-electron chi connectivity index (χ3n) is 2.65. The first-order valence-electron chi connectivity index (χ1n) is 5.33. The monoisotopic (exact) mass is 227 g/mol. The van der Waals surface area contributed by atoms with E-state index in [0.29, 0.717) is 0 Å². The highest BCUT2D eigenvalue weighted by Gasteiger charge is 2.16. The maximum absolute atomic E-state index is 5.56. The molecule has 0 atom stereocenters. The van der Waals surface area contributed by atoms with Gasteiger partial charge >= 0.3 is 0 Å². The van der Waals surface area contributed by atoms with Gasteiger partial charge in [-0.15, -0.1) is 10.2 Å². The molecule has 1 aliphatic rings. The standard InChI is InChI=1S/C9H17N5S/c10-2-5-13-3-1-4-14(7-6-13)9-12-11-8-15-9/h8H,1-7,10H2. The number of aromatic nitrogens is 2. The van der Waals surface area contributed by atoms with Crippen LogP contribution in [0.25, 0.3) is 0 Å². The molecule has 0 unspecified atom stereocenters. The molecule has 0 saturated carbocycles. The highest BCUT2D eigenvalue weighted by Crippen LogP contribution is 2.17. The first-order chi connectivity index (χ1) is 7.40. The molecule has 0 spiro atoms. The predicted molar refractivity (Wildman–Crippen MR) is 62.2 cm³/mol. The molecule has 1 aliphatic heterocycles. The summed E-state index contributed by atoms with van der Waals surface area (Å²) in [5, 5.41) is 9.03. The average Bonchev–Trinajstić information content (AvgIpc) is 2.67. The van der Waals surface area contributed by atoms with Gasteiger partial charge in [0.05, 0.1) is 0 Å². The van der Waals surface area contributed by atoms with Crippen molar-refractivity contribution < 1.29 is 0 Å². The van der Waals surface area contributed by atoms with Crippen molar-refractivity contribution in [2.45, 2.75) is 6.42 Å². The molecule has 1 aromatic heterocycles. The van der Waals surface area contributed by atoms with E-state index in [1.807, 2.05) is 0 Å². The molecule has 6 heteroatoms.